The van der Waals surface area contributed by atoms with E-state index in [4.69, 9.17) is 11.5 Å². The monoisotopic (exact) mass is 196 g/mol. The molecule has 0 radical (unpaired) electrons. The van der Waals surface area contributed by atoms with Gasteiger partial charge in [0.2, 0.25) is 0 Å². The molecule has 0 unspecified atom stereocenters. The highest BCUT2D eigenvalue weighted by molar-refractivity contribution is 5.43. The number of halogens is 1. The van der Waals surface area contributed by atoms with Crippen LogP contribution in [0.25, 0.3) is 0 Å². The number of nitrogens with two attached hydrogens (primary N) is 2. The molecule has 14 heavy (non-hydrogen) atoms. The molecule has 0 aliphatic rings. The van der Waals surface area contributed by atoms with Crippen molar-refractivity contribution in [2.45, 2.75) is 26.8 Å². The van der Waals surface area contributed by atoms with Gasteiger partial charge >= 0.3 is 0 Å². The molecule has 4 N–H and O–H groups in total. The van der Waals surface area contributed by atoms with Gasteiger partial charge in [-0.3, -0.25) is 0 Å². The SMILES string of the molecule is CC(C)(C)[C@H](N)c1ccc(F)c(N)c1. The molecule has 3 heteroatoms. The summed E-state index contributed by atoms with van der Waals surface area (Å²) in [7, 11) is 0. The lowest BCUT2D eigenvalue weighted by atomic mass is 9.83. The van der Waals surface area contributed by atoms with Gasteiger partial charge in [0.1, 0.15) is 5.82 Å². The highest BCUT2D eigenvalue weighted by atomic mass is 19.1. The summed E-state index contributed by atoms with van der Waals surface area (Å²) in [5.74, 6) is -0.394. The molecular weight excluding hydrogens is 179 g/mol. The molecule has 0 spiro atoms. The summed E-state index contributed by atoms with van der Waals surface area (Å²) in [6.07, 6.45) is 0. The third kappa shape index (κ3) is 2.23. The molecule has 0 saturated carbocycles. The zero-order valence-corrected chi connectivity index (χ0v) is 8.84. The van der Waals surface area contributed by atoms with Gasteiger partial charge in [-0.05, 0) is 23.1 Å². The molecule has 0 amide bonds. The predicted molar refractivity (Wildman–Crippen MR) is 57.2 cm³/mol. The molecule has 1 rings (SSSR count). The summed E-state index contributed by atoms with van der Waals surface area (Å²) in [6.45, 7) is 6.12. The van der Waals surface area contributed by atoms with Crippen molar-refractivity contribution in [2.75, 3.05) is 5.73 Å². The Labute approximate surface area is 84.1 Å². The predicted octanol–water partition coefficient (Wildman–Crippen LogP) is 2.45. The molecule has 1 aromatic carbocycles. The van der Waals surface area contributed by atoms with Crippen LogP contribution >= 0.6 is 0 Å². The maximum atomic E-state index is 12.9. The van der Waals surface area contributed by atoms with Gasteiger partial charge in [-0.2, -0.15) is 0 Å². The van der Waals surface area contributed by atoms with Crippen molar-refractivity contribution in [1.29, 1.82) is 0 Å². The summed E-state index contributed by atoms with van der Waals surface area (Å²) in [5, 5.41) is 0. The van der Waals surface area contributed by atoms with Crippen molar-refractivity contribution in [3.8, 4) is 0 Å². The number of nitrogen functional groups attached to an aromatic ring is 1. The molecule has 1 atom stereocenters. The molecule has 2 nitrogen and oxygen atoms in total. The summed E-state index contributed by atoms with van der Waals surface area (Å²) < 4.78 is 12.9. The second kappa shape index (κ2) is 3.58. The second-order valence-corrected chi connectivity index (χ2v) is 4.62. The lowest BCUT2D eigenvalue weighted by molar-refractivity contribution is 0.327. The van der Waals surface area contributed by atoms with Gasteiger partial charge < -0.3 is 11.5 Å². The van der Waals surface area contributed by atoms with E-state index in [2.05, 4.69) is 0 Å². The Morgan fingerprint density at radius 2 is 1.86 bits per heavy atom. The molecule has 0 saturated heterocycles. The van der Waals surface area contributed by atoms with Crippen LogP contribution in [0.2, 0.25) is 0 Å². The van der Waals surface area contributed by atoms with E-state index in [1.165, 1.54) is 6.07 Å². The van der Waals surface area contributed by atoms with Crippen LogP contribution in [0, 0.1) is 11.2 Å². The van der Waals surface area contributed by atoms with E-state index in [-0.39, 0.29) is 17.1 Å². The zero-order chi connectivity index (χ0) is 10.9. The van der Waals surface area contributed by atoms with Gasteiger partial charge in [0.25, 0.3) is 0 Å². The maximum absolute atomic E-state index is 12.9. The van der Waals surface area contributed by atoms with Crippen LogP contribution in [0.5, 0.6) is 0 Å². The van der Waals surface area contributed by atoms with E-state index >= 15 is 0 Å². The van der Waals surface area contributed by atoms with Crippen LogP contribution < -0.4 is 11.5 Å². The van der Waals surface area contributed by atoms with E-state index in [0.29, 0.717) is 0 Å². The number of anilines is 1. The third-order valence-corrected chi connectivity index (χ3v) is 2.31. The van der Waals surface area contributed by atoms with Crippen LogP contribution in [0.3, 0.4) is 0 Å². The van der Waals surface area contributed by atoms with Gasteiger partial charge in [-0.25, -0.2) is 4.39 Å². The van der Waals surface area contributed by atoms with Crippen LogP contribution in [-0.2, 0) is 0 Å². The van der Waals surface area contributed by atoms with E-state index < -0.39 is 5.82 Å². The molecule has 0 aliphatic heterocycles. The van der Waals surface area contributed by atoms with Crippen molar-refractivity contribution >= 4 is 5.69 Å². The van der Waals surface area contributed by atoms with Crippen molar-refractivity contribution in [3.63, 3.8) is 0 Å². The Balaban J connectivity index is 3.03. The van der Waals surface area contributed by atoms with Gasteiger partial charge in [-0.15, -0.1) is 0 Å². The first-order chi connectivity index (χ1) is 6.32. The van der Waals surface area contributed by atoms with E-state index in [1.54, 1.807) is 12.1 Å². The average molecular weight is 196 g/mol. The number of hydrogen-bond acceptors (Lipinski definition) is 2. The zero-order valence-electron chi connectivity index (χ0n) is 8.84. The van der Waals surface area contributed by atoms with E-state index in [0.717, 1.165) is 5.56 Å². The van der Waals surface area contributed by atoms with E-state index in [9.17, 15) is 4.39 Å². The van der Waals surface area contributed by atoms with E-state index in [1.807, 2.05) is 20.8 Å². The van der Waals surface area contributed by atoms with Crippen molar-refractivity contribution in [1.82, 2.24) is 0 Å². The van der Waals surface area contributed by atoms with Crippen molar-refractivity contribution < 1.29 is 4.39 Å². The van der Waals surface area contributed by atoms with Gasteiger partial charge in [0.15, 0.2) is 0 Å². The Bertz CT molecular complexity index is 329. The van der Waals surface area contributed by atoms with Crippen LogP contribution in [-0.4, -0.2) is 0 Å². The number of hydrogen-bond donors (Lipinski definition) is 2. The summed E-state index contributed by atoms with van der Waals surface area (Å²) in [6, 6.07) is 4.51. The Morgan fingerprint density at radius 3 is 2.29 bits per heavy atom. The lowest BCUT2D eigenvalue weighted by Gasteiger charge is -2.27. The molecule has 0 fully saturated rings. The average Bonchev–Trinajstić information content (AvgIpc) is 2.07. The van der Waals surface area contributed by atoms with Crippen LogP contribution in [0.1, 0.15) is 32.4 Å². The Kier molecular flexibility index (Phi) is 2.81. The number of rotatable bonds is 1. The summed E-state index contributed by atoms with van der Waals surface area (Å²) >= 11 is 0. The fourth-order valence-electron chi connectivity index (χ4n) is 1.26. The minimum atomic E-state index is -0.394. The lowest BCUT2D eigenvalue weighted by Crippen LogP contribution is -2.26. The maximum Gasteiger partial charge on any atom is 0.146 e. The first kappa shape index (κ1) is 11.0. The smallest absolute Gasteiger partial charge is 0.146 e. The summed E-state index contributed by atoms with van der Waals surface area (Å²) in [4.78, 5) is 0. The number of benzene rings is 1. The Hall–Kier alpha value is -1.09. The highest BCUT2D eigenvalue weighted by Gasteiger charge is 2.22. The van der Waals surface area contributed by atoms with Gasteiger partial charge in [-0.1, -0.05) is 26.8 Å². The van der Waals surface area contributed by atoms with Gasteiger partial charge in [0, 0.05) is 6.04 Å². The van der Waals surface area contributed by atoms with Gasteiger partial charge in [0.05, 0.1) is 5.69 Å². The molecule has 78 valence electrons. The van der Waals surface area contributed by atoms with Crippen LogP contribution in [0.15, 0.2) is 18.2 Å². The minimum Gasteiger partial charge on any atom is -0.396 e. The molecule has 0 aliphatic carbocycles. The molecule has 0 heterocycles. The van der Waals surface area contributed by atoms with Crippen LogP contribution in [0.4, 0.5) is 10.1 Å². The second-order valence-electron chi connectivity index (χ2n) is 4.62. The van der Waals surface area contributed by atoms with Crippen molar-refractivity contribution in [2.24, 2.45) is 11.1 Å². The fraction of sp³-hybridized carbons (Fsp3) is 0.455. The van der Waals surface area contributed by atoms with Crippen molar-refractivity contribution in [3.05, 3.63) is 29.6 Å². The first-order valence-electron chi connectivity index (χ1n) is 4.63. The molecule has 0 bridgehead atoms. The quantitative estimate of drug-likeness (QED) is 0.678. The first-order valence-corrected chi connectivity index (χ1v) is 4.63. The third-order valence-electron chi connectivity index (χ3n) is 2.31. The minimum absolute atomic E-state index is 0.0513. The highest BCUT2D eigenvalue weighted by Crippen LogP contribution is 2.31. The molecule has 1 aromatic rings. The normalized spacial score (nSPS) is 14.1. The largest absolute Gasteiger partial charge is 0.396 e. The Morgan fingerprint density at radius 1 is 1.29 bits per heavy atom. The molecular formula is C11H17FN2. The fourth-order valence-corrected chi connectivity index (χ4v) is 1.26. The summed E-state index contributed by atoms with van der Waals surface area (Å²) in [5.41, 5.74) is 12.5. The standard InChI is InChI=1S/C11H17FN2/c1-11(2,3)10(14)7-4-5-8(12)9(13)6-7/h4-6,10H,13-14H2,1-3H3/t10-/m1/s1. The molecule has 0 aromatic heterocycles. The topological polar surface area (TPSA) is 52.0 Å².